The Morgan fingerprint density at radius 1 is 0.900 bits per heavy atom. The molecule has 2 heterocycles. The van der Waals surface area contributed by atoms with Gasteiger partial charge in [-0.05, 0) is 42.6 Å². The number of rotatable bonds is 2. The Morgan fingerprint density at radius 3 is 2.35 bits per heavy atom. The van der Waals surface area contributed by atoms with Gasteiger partial charge < -0.3 is 4.90 Å². The second kappa shape index (κ2) is 5.72. The third kappa shape index (κ3) is 2.82. The van der Waals surface area contributed by atoms with Crippen LogP contribution in [0.1, 0.15) is 12.8 Å². The Morgan fingerprint density at radius 2 is 1.65 bits per heavy atom. The average Bonchev–Trinajstić information content (AvgIpc) is 2.95. The molecular weight excluding hydrogens is 319 g/mol. The van der Waals surface area contributed by atoms with Gasteiger partial charge in [-0.25, -0.2) is 0 Å². The van der Waals surface area contributed by atoms with Crippen LogP contribution in [0.25, 0.3) is 11.4 Å². The van der Waals surface area contributed by atoms with E-state index in [1.807, 2.05) is 6.07 Å². The third-order valence-corrected chi connectivity index (χ3v) is 4.07. The van der Waals surface area contributed by atoms with E-state index in [1.54, 1.807) is 12.1 Å². The first-order valence-corrected chi connectivity index (χ1v) is 7.39. The van der Waals surface area contributed by atoms with Crippen molar-refractivity contribution in [1.82, 2.24) is 15.0 Å². The largest absolute Gasteiger partial charge is 0.341 e. The fourth-order valence-corrected chi connectivity index (χ4v) is 2.62. The molecule has 1 aliphatic heterocycles. The molecule has 20 heavy (non-hydrogen) atoms. The molecule has 0 aliphatic carbocycles. The second-order valence-corrected chi connectivity index (χ2v) is 5.70. The number of aromatic nitrogens is 3. The van der Waals surface area contributed by atoms with Gasteiger partial charge in [0.2, 0.25) is 11.2 Å². The minimum Gasteiger partial charge on any atom is -0.341 e. The fourth-order valence-electron chi connectivity index (χ4n) is 2.16. The third-order valence-electron chi connectivity index (χ3n) is 3.16. The zero-order valence-corrected chi connectivity index (χ0v) is 12.8. The Hall–Kier alpha value is -1.10. The summed E-state index contributed by atoms with van der Waals surface area (Å²) in [6.45, 7) is 1.89. The first kappa shape index (κ1) is 13.9. The Balaban J connectivity index is 2.02. The molecule has 104 valence electrons. The summed E-state index contributed by atoms with van der Waals surface area (Å²) in [5, 5.41) is 1.14. The van der Waals surface area contributed by atoms with Crippen molar-refractivity contribution in [1.29, 1.82) is 0 Å². The molecule has 7 heteroatoms. The van der Waals surface area contributed by atoms with Crippen molar-refractivity contribution >= 4 is 40.8 Å². The van der Waals surface area contributed by atoms with Crippen LogP contribution < -0.4 is 4.90 Å². The predicted octanol–water partition coefficient (Wildman–Crippen LogP) is 4.10. The van der Waals surface area contributed by atoms with Gasteiger partial charge in [0.05, 0.1) is 10.0 Å². The lowest BCUT2D eigenvalue weighted by Gasteiger charge is -2.15. The van der Waals surface area contributed by atoms with Gasteiger partial charge in [-0.3, -0.25) is 0 Å². The summed E-state index contributed by atoms with van der Waals surface area (Å²) in [5.74, 6) is 1.12. The average molecular weight is 330 g/mol. The molecule has 0 saturated carbocycles. The first-order valence-electron chi connectivity index (χ1n) is 6.25. The van der Waals surface area contributed by atoms with Crippen molar-refractivity contribution in [3.05, 3.63) is 33.5 Å². The smallest absolute Gasteiger partial charge is 0.230 e. The van der Waals surface area contributed by atoms with E-state index in [1.165, 1.54) is 0 Å². The van der Waals surface area contributed by atoms with Gasteiger partial charge in [-0.1, -0.05) is 23.2 Å². The van der Waals surface area contributed by atoms with Crippen molar-refractivity contribution in [3.63, 3.8) is 0 Å². The molecule has 4 nitrogen and oxygen atoms in total. The van der Waals surface area contributed by atoms with Gasteiger partial charge >= 0.3 is 0 Å². The molecule has 1 fully saturated rings. The molecule has 0 unspecified atom stereocenters. The maximum atomic E-state index is 6.02. The van der Waals surface area contributed by atoms with E-state index >= 15 is 0 Å². The zero-order chi connectivity index (χ0) is 14.1. The van der Waals surface area contributed by atoms with Gasteiger partial charge in [0, 0.05) is 18.7 Å². The van der Waals surface area contributed by atoms with Crippen molar-refractivity contribution in [2.75, 3.05) is 18.0 Å². The van der Waals surface area contributed by atoms with Gasteiger partial charge in [0.1, 0.15) is 0 Å². The highest BCUT2D eigenvalue weighted by molar-refractivity contribution is 6.42. The zero-order valence-electron chi connectivity index (χ0n) is 10.5. The molecule has 0 spiro atoms. The normalized spacial score (nSPS) is 14.8. The quantitative estimate of drug-likeness (QED) is 0.832. The first-order chi connectivity index (χ1) is 9.63. The van der Waals surface area contributed by atoms with E-state index < -0.39 is 0 Å². The maximum absolute atomic E-state index is 6.02. The minimum atomic E-state index is 0.183. The SMILES string of the molecule is Clc1nc(-c2ccc(Cl)c(Cl)c2)nc(N2CCCC2)n1. The maximum Gasteiger partial charge on any atom is 0.230 e. The number of hydrogen-bond donors (Lipinski definition) is 0. The Labute approximate surface area is 131 Å². The number of benzene rings is 1. The van der Waals surface area contributed by atoms with Crippen molar-refractivity contribution in [3.8, 4) is 11.4 Å². The topological polar surface area (TPSA) is 41.9 Å². The summed E-state index contributed by atoms with van der Waals surface area (Å²) in [6, 6.07) is 5.25. The van der Waals surface area contributed by atoms with Crippen LogP contribution in [-0.2, 0) is 0 Å². The minimum absolute atomic E-state index is 0.183. The van der Waals surface area contributed by atoms with Crippen LogP contribution in [0.15, 0.2) is 18.2 Å². The van der Waals surface area contributed by atoms with Crippen LogP contribution in [-0.4, -0.2) is 28.0 Å². The van der Waals surface area contributed by atoms with Crippen LogP contribution in [0, 0.1) is 0 Å². The number of nitrogens with zero attached hydrogens (tertiary/aromatic N) is 4. The lowest BCUT2D eigenvalue weighted by Crippen LogP contribution is -2.21. The summed E-state index contributed by atoms with van der Waals surface area (Å²) < 4.78 is 0. The molecule has 0 radical (unpaired) electrons. The molecule has 1 aromatic heterocycles. The van der Waals surface area contributed by atoms with E-state index in [0.29, 0.717) is 21.8 Å². The van der Waals surface area contributed by atoms with Crippen LogP contribution in [0.5, 0.6) is 0 Å². The molecule has 2 aromatic rings. The number of hydrogen-bond acceptors (Lipinski definition) is 4. The molecule has 0 bridgehead atoms. The standard InChI is InChI=1S/C13H11Cl3N4/c14-9-4-3-8(7-10(9)15)11-17-12(16)19-13(18-11)20-5-1-2-6-20/h3-4,7H,1-2,5-6H2. The van der Waals surface area contributed by atoms with Crippen LogP contribution in [0.3, 0.4) is 0 Å². The molecule has 3 rings (SSSR count). The van der Waals surface area contributed by atoms with Gasteiger partial charge in [0.15, 0.2) is 5.82 Å². The summed E-state index contributed by atoms with van der Waals surface area (Å²) in [6.07, 6.45) is 2.29. The monoisotopic (exact) mass is 328 g/mol. The van der Waals surface area contributed by atoms with Crippen molar-refractivity contribution in [2.45, 2.75) is 12.8 Å². The molecule has 0 atom stereocenters. The highest BCUT2D eigenvalue weighted by Crippen LogP contribution is 2.28. The molecule has 1 saturated heterocycles. The second-order valence-electron chi connectivity index (χ2n) is 4.55. The Bertz CT molecular complexity index is 642. The molecular formula is C13H11Cl3N4. The van der Waals surface area contributed by atoms with Crippen molar-refractivity contribution in [2.24, 2.45) is 0 Å². The fraction of sp³-hybridized carbons (Fsp3) is 0.308. The molecule has 1 aliphatic rings. The number of anilines is 1. The molecule has 0 N–H and O–H groups in total. The van der Waals surface area contributed by atoms with Crippen LogP contribution in [0.2, 0.25) is 15.3 Å². The lowest BCUT2D eigenvalue weighted by atomic mass is 10.2. The van der Waals surface area contributed by atoms with Crippen molar-refractivity contribution < 1.29 is 0 Å². The van der Waals surface area contributed by atoms with E-state index in [9.17, 15) is 0 Å². The van der Waals surface area contributed by atoms with Gasteiger partial charge in [0.25, 0.3) is 0 Å². The van der Waals surface area contributed by atoms with E-state index in [0.717, 1.165) is 31.5 Å². The molecule has 1 aromatic carbocycles. The summed E-state index contributed by atoms with van der Waals surface area (Å²) >= 11 is 17.9. The predicted molar refractivity (Wildman–Crippen MR) is 81.7 cm³/mol. The van der Waals surface area contributed by atoms with Crippen LogP contribution >= 0.6 is 34.8 Å². The van der Waals surface area contributed by atoms with Gasteiger partial charge in [-0.2, -0.15) is 15.0 Å². The highest BCUT2D eigenvalue weighted by atomic mass is 35.5. The molecule has 0 amide bonds. The number of halogens is 3. The van der Waals surface area contributed by atoms with E-state index in [4.69, 9.17) is 34.8 Å². The van der Waals surface area contributed by atoms with E-state index in [-0.39, 0.29) is 5.28 Å². The highest BCUT2D eigenvalue weighted by Gasteiger charge is 2.17. The van der Waals surface area contributed by atoms with E-state index in [2.05, 4.69) is 19.9 Å². The Kier molecular flexibility index (Phi) is 3.96. The van der Waals surface area contributed by atoms with Gasteiger partial charge in [-0.15, -0.1) is 0 Å². The summed E-state index contributed by atoms with van der Waals surface area (Å²) in [4.78, 5) is 14.9. The van der Waals surface area contributed by atoms with Crippen LogP contribution in [0.4, 0.5) is 5.95 Å². The summed E-state index contributed by atoms with van der Waals surface area (Å²) in [5.41, 5.74) is 0.768. The summed E-state index contributed by atoms with van der Waals surface area (Å²) in [7, 11) is 0. The lowest BCUT2D eigenvalue weighted by molar-refractivity contribution is 0.883.